The second kappa shape index (κ2) is 7.10. The summed E-state index contributed by atoms with van der Waals surface area (Å²) in [5.41, 5.74) is 0.00642. The Bertz CT molecular complexity index is 752. The van der Waals surface area contributed by atoms with Crippen LogP contribution in [0.2, 0.25) is 0 Å². The zero-order chi connectivity index (χ0) is 18.0. The Morgan fingerprint density at radius 1 is 1.20 bits per heavy atom. The average Bonchev–Trinajstić information content (AvgIpc) is 3.28. The second-order valence-corrected chi connectivity index (χ2v) is 7.03. The van der Waals surface area contributed by atoms with Gasteiger partial charge in [0, 0.05) is 12.5 Å². The first kappa shape index (κ1) is 17.8. The van der Waals surface area contributed by atoms with E-state index in [1.165, 1.54) is 13.5 Å². The van der Waals surface area contributed by atoms with Gasteiger partial charge in [0.1, 0.15) is 5.75 Å². The summed E-state index contributed by atoms with van der Waals surface area (Å²) in [6.45, 7) is 2.23. The maximum atomic E-state index is 14.5. The van der Waals surface area contributed by atoms with Gasteiger partial charge in [0.2, 0.25) is 5.88 Å². The van der Waals surface area contributed by atoms with Gasteiger partial charge in [-0.1, -0.05) is 26.2 Å². The molecule has 3 rings (SSSR count). The van der Waals surface area contributed by atoms with Gasteiger partial charge in [-0.3, -0.25) is 0 Å². The van der Waals surface area contributed by atoms with Gasteiger partial charge in [0.15, 0.2) is 5.69 Å². The summed E-state index contributed by atoms with van der Waals surface area (Å²) in [7, 11) is 1.50. The van der Waals surface area contributed by atoms with Crippen molar-refractivity contribution in [2.75, 3.05) is 7.11 Å². The predicted octanol–water partition coefficient (Wildman–Crippen LogP) is 5.04. The van der Waals surface area contributed by atoms with Crippen molar-refractivity contribution in [1.29, 1.82) is 0 Å². The minimum absolute atomic E-state index is 0.316. The maximum absolute atomic E-state index is 14.5. The van der Waals surface area contributed by atoms with Crippen molar-refractivity contribution in [2.45, 2.75) is 51.4 Å². The lowest BCUT2D eigenvalue weighted by atomic mass is 10.0. The van der Waals surface area contributed by atoms with Crippen molar-refractivity contribution in [1.82, 2.24) is 9.97 Å². The molecule has 0 saturated heterocycles. The Morgan fingerprint density at radius 3 is 2.64 bits per heavy atom. The summed E-state index contributed by atoms with van der Waals surface area (Å²) in [6.07, 6.45) is 4.27. The molecule has 1 aliphatic carbocycles. The van der Waals surface area contributed by atoms with Crippen LogP contribution in [0.4, 0.5) is 8.78 Å². The fourth-order valence-electron chi connectivity index (χ4n) is 3.25. The van der Waals surface area contributed by atoms with Crippen LogP contribution in [0, 0.1) is 11.8 Å². The number of unbranched alkanes of at least 4 members (excludes halogenated alkanes) is 2. The molecule has 1 heterocycles. The highest BCUT2D eigenvalue weighted by Gasteiger charge is 2.37. The maximum Gasteiger partial charge on any atom is 0.295 e. The number of halogens is 2. The molecule has 1 unspecified atom stereocenters. The molecule has 1 N–H and O–H groups in total. The van der Waals surface area contributed by atoms with E-state index in [0.29, 0.717) is 23.2 Å². The van der Waals surface area contributed by atoms with E-state index in [0.717, 1.165) is 31.1 Å². The molecule has 1 aliphatic rings. The highest BCUT2D eigenvalue weighted by molar-refractivity contribution is 5.76. The molecule has 2 atom stereocenters. The Hall–Kier alpha value is -1.98. The summed E-state index contributed by atoms with van der Waals surface area (Å²) >= 11 is 0. The Labute approximate surface area is 146 Å². The topological polar surface area (TPSA) is 55.2 Å². The van der Waals surface area contributed by atoms with Crippen LogP contribution in [-0.2, 0) is 5.92 Å². The van der Waals surface area contributed by atoms with Crippen molar-refractivity contribution in [3.05, 3.63) is 23.9 Å². The molecular weight excluding hydrogens is 326 g/mol. The van der Waals surface area contributed by atoms with Crippen molar-refractivity contribution in [3.63, 3.8) is 0 Å². The van der Waals surface area contributed by atoms with Crippen LogP contribution < -0.4 is 4.74 Å². The molecule has 0 aliphatic heterocycles. The van der Waals surface area contributed by atoms with Crippen LogP contribution >= 0.6 is 0 Å². The number of fused-ring (bicyclic) bond motifs is 1. The van der Waals surface area contributed by atoms with Crippen molar-refractivity contribution in [2.24, 2.45) is 11.8 Å². The van der Waals surface area contributed by atoms with Crippen LogP contribution in [0.25, 0.3) is 11.0 Å². The molecule has 0 radical (unpaired) electrons. The molecule has 136 valence electrons. The third-order valence-corrected chi connectivity index (χ3v) is 5.04. The standard InChI is InChI=1S/C19H24F2N2O2/c1-12-10-13(12)6-4-3-5-9-19(20,21)17-18(24)23-16-11-14(25-2)7-8-15(16)22-17/h7-8,11-13H,3-6,9-10H2,1-2H3,(H,23,24)/t12?,13-/m1/s1. The summed E-state index contributed by atoms with van der Waals surface area (Å²) in [5, 5.41) is 9.93. The van der Waals surface area contributed by atoms with Gasteiger partial charge in [-0.05, 0) is 36.8 Å². The lowest BCUT2D eigenvalue weighted by Crippen LogP contribution is -2.16. The van der Waals surface area contributed by atoms with Crippen LogP contribution in [0.5, 0.6) is 11.6 Å². The van der Waals surface area contributed by atoms with Gasteiger partial charge in [-0.15, -0.1) is 0 Å². The molecule has 1 aromatic carbocycles. The number of methoxy groups -OCH3 is 1. The average molecular weight is 350 g/mol. The first-order valence-corrected chi connectivity index (χ1v) is 8.84. The molecule has 0 amide bonds. The predicted molar refractivity (Wildman–Crippen MR) is 92.0 cm³/mol. The van der Waals surface area contributed by atoms with Crippen molar-refractivity contribution >= 4 is 11.0 Å². The SMILES string of the molecule is COc1ccc2nc(C(F)(F)CCCCC[C@@H]3CC3C)c(O)nc2c1. The van der Waals surface area contributed by atoms with Crippen LogP contribution in [0.1, 0.15) is 51.1 Å². The highest BCUT2D eigenvalue weighted by Crippen LogP contribution is 2.42. The van der Waals surface area contributed by atoms with E-state index in [9.17, 15) is 13.9 Å². The summed E-state index contributed by atoms with van der Waals surface area (Å²) in [6, 6.07) is 4.76. The fourth-order valence-corrected chi connectivity index (χ4v) is 3.25. The first-order chi connectivity index (χ1) is 11.9. The number of alkyl halides is 2. The minimum atomic E-state index is -3.18. The van der Waals surface area contributed by atoms with Crippen LogP contribution in [-0.4, -0.2) is 22.2 Å². The third-order valence-electron chi connectivity index (χ3n) is 5.04. The number of benzene rings is 1. The zero-order valence-electron chi connectivity index (χ0n) is 14.6. The smallest absolute Gasteiger partial charge is 0.295 e. The summed E-state index contributed by atoms with van der Waals surface area (Å²) in [4.78, 5) is 7.82. The van der Waals surface area contributed by atoms with E-state index in [1.54, 1.807) is 18.2 Å². The lowest BCUT2D eigenvalue weighted by Gasteiger charge is -2.17. The van der Waals surface area contributed by atoms with Gasteiger partial charge in [0.05, 0.1) is 18.1 Å². The van der Waals surface area contributed by atoms with E-state index in [2.05, 4.69) is 16.9 Å². The van der Waals surface area contributed by atoms with Gasteiger partial charge < -0.3 is 9.84 Å². The Kier molecular flexibility index (Phi) is 5.06. The summed E-state index contributed by atoms with van der Waals surface area (Å²) in [5.74, 6) is -1.75. The van der Waals surface area contributed by atoms with Crippen LogP contribution in [0.15, 0.2) is 18.2 Å². The second-order valence-electron chi connectivity index (χ2n) is 7.03. The molecule has 4 nitrogen and oxygen atoms in total. The molecule has 25 heavy (non-hydrogen) atoms. The molecule has 0 bridgehead atoms. The molecule has 1 aromatic heterocycles. The van der Waals surface area contributed by atoms with Gasteiger partial charge in [0.25, 0.3) is 5.92 Å². The van der Waals surface area contributed by atoms with Gasteiger partial charge in [-0.25, -0.2) is 9.97 Å². The van der Waals surface area contributed by atoms with E-state index in [1.807, 2.05) is 0 Å². The molecule has 1 saturated carbocycles. The number of nitrogens with zero attached hydrogens (tertiary/aromatic N) is 2. The normalized spacial score (nSPS) is 20.0. The molecule has 6 heteroatoms. The third kappa shape index (κ3) is 4.17. The van der Waals surface area contributed by atoms with Crippen LogP contribution in [0.3, 0.4) is 0 Å². The number of aromatic hydroxyl groups is 1. The van der Waals surface area contributed by atoms with Gasteiger partial charge >= 0.3 is 0 Å². The van der Waals surface area contributed by atoms with E-state index < -0.39 is 17.5 Å². The largest absolute Gasteiger partial charge is 0.497 e. The zero-order valence-corrected chi connectivity index (χ0v) is 14.6. The van der Waals surface area contributed by atoms with E-state index >= 15 is 0 Å². The Morgan fingerprint density at radius 2 is 1.96 bits per heavy atom. The quantitative estimate of drug-likeness (QED) is 0.678. The van der Waals surface area contributed by atoms with E-state index in [4.69, 9.17) is 4.74 Å². The number of hydrogen-bond donors (Lipinski definition) is 1. The minimum Gasteiger partial charge on any atom is -0.497 e. The Balaban J connectivity index is 1.64. The van der Waals surface area contributed by atoms with Crippen molar-refractivity contribution < 1.29 is 18.6 Å². The number of ether oxygens (including phenoxy) is 1. The monoisotopic (exact) mass is 350 g/mol. The van der Waals surface area contributed by atoms with Gasteiger partial charge in [-0.2, -0.15) is 8.78 Å². The molecular formula is C19H24F2N2O2. The molecule has 1 fully saturated rings. The number of rotatable bonds is 8. The lowest BCUT2D eigenvalue weighted by molar-refractivity contribution is -0.0225. The van der Waals surface area contributed by atoms with E-state index in [-0.39, 0.29) is 6.42 Å². The highest BCUT2D eigenvalue weighted by atomic mass is 19.3. The summed E-state index contributed by atoms with van der Waals surface area (Å²) < 4.78 is 34.0. The fraction of sp³-hybridized carbons (Fsp3) is 0.579. The first-order valence-electron chi connectivity index (χ1n) is 8.84. The molecule has 2 aromatic rings. The van der Waals surface area contributed by atoms with Crippen molar-refractivity contribution in [3.8, 4) is 11.6 Å². The number of hydrogen-bond acceptors (Lipinski definition) is 4. The molecule has 0 spiro atoms. The number of aromatic nitrogens is 2.